The van der Waals surface area contributed by atoms with Gasteiger partial charge in [0.1, 0.15) is 12.6 Å². The van der Waals surface area contributed by atoms with Gasteiger partial charge in [-0.15, -0.1) is 18.3 Å². The number of anilines is 1. The average Bonchev–Trinajstić information content (AvgIpc) is 3.53. The number of nitrogens with zero attached hydrogens (tertiary/aromatic N) is 2. The van der Waals surface area contributed by atoms with Gasteiger partial charge < -0.3 is 19.6 Å². The normalized spacial score (nSPS) is 28.7. The number of carbonyl (C=O) groups is 3. The van der Waals surface area contributed by atoms with Gasteiger partial charge in [-0.1, -0.05) is 61.2 Å². The second-order valence-corrected chi connectivity index (χ2v) is 13.4. The molecule has 2 amide bonds. The van der Waals surface area contributed by atoms with Crippen LogP contribution in [0.3, 0.4) is 0 Å². The van der Waals surface area contributed by atoms with E-state index in [4.69, 9.17) is 4.74 Å². The van der Waals surface area contributed by atoms with Crippen molar-refractivity contribution in [1.29, 1.82) is 0 Å². The summed E-state index contributed by atoms with van der Waals surface area (Å²) in [7, 11) is 0. The van der Waals surface area contributed by atoms with Crippen molar-refractivity contribution in [2.75, 3.05) is 24.7 Å². The lowest BCUT2D eigenvalue weighted by Crippen LogP contribution is -2.56. The van der Waals surface area contributed by atoms with Gasteiger partial charge >= 0.3 is 5.97 Å². The number of esters is 1. The molecule has 3 saturated heterocycles. The van der Waals surface area contributed by atoms with Gasteiger partial charge in [0.05, 0.1) is 29.2 Å². The first kappa shape index (κ1) is 29.1. The third kappa shape index (κ3) is 4.61. The topological polar surface area (TPSA) is 87.1 Å². The van der Waals surface area contributed by atoms with E-state index in [0.717, 1.165) is 22.4 Å². The van der Waals surface area contributed by atoms with Crippen molar-refractivity contribution in [1.82, 2.24) is 4.90 Å². The summed E-state index contributed by atoms with van der Waals surface area (Å²) in [6.45, 7) is 13.5. The van der Waals surface area contributed by atoms with Crippen LogP contribution in [0.4, 0.5) is 5.69 Å². The number of ether oxygens (including phenoxy) is 1. The molecule has 0 radical (unpaired) electrons. The van der Waals surface area contributed by atoms with Crippen molar-refractivity contribution in [3.8, 4) is 0 Å². The Morgan fingerprint density at radius 1 is 1.17 bits per heavy atom. The molecule has 3 aliphatic heterocycles. The van der Waals surface area contributed by atoms with Crippen molar-refractivity contribution in [3.05, 3.63) is 90.5 Å². The van der Waals surface area contributed by atoms with Crippen LogP contribution in [0.1, 0.15) is 42.5 Å². The first-order chi connectivity index (χ1) is 19.6. The van der Waals surface area contributed by atoms with Gasteiger partial charge in [0.2, 0.25) is 5.91 Å². The number of hydrogen-bond donors (Lipinski definition) is 1. The molecular formula is C33H38N2O5S. The Bertz CT molecular complexity index is 1380. The molecule has 216 valence electrons. The van der Waals surface area contributed by atoms with Crippen LogP contribution in [0.25, 0.3) is 0 Å². The van der Waals surface area contributed by atoms with E-state index in [1.807, 2.05) is 69.3 Å². The molecule has 2 bridgehead atoms. The maximum Gasteiger partial charge on any atom is 0.311 e. The highest BCUT2D eigenvalue weighted by Gasteiger charge is 2.78. The third-order valence-electron chi connectivity index (χ3n) is 8.97. The first-order valence-electron chi connectivity index (χ1n) is 14.1. The highest BCUT2D eigenvalue weighted by molar-refractivity contribution is 8.02. The number of hydrogen-bond acceptors (Lipinski definition) is 6. The van der Waals surface area contributed by atoms with Crippen LogP contribution < -0.4 is 4.90 Å². The molecule has 0 saturated carbocycles. The molecule has 5 rings (SSSR count). The first-order valence-corrected chi connectivity index (χ1v) is 14.9. The summed E-state index contributed by atoms with van der Waals surface area (Å²) < 4.78 is 4.14. The van der Waals surface area contributed by atoms with E-state index in [2.05, 4.69) is 13.2 Å². The summed E-state index contributed by atoms with van der Waals surface area (Å²) in [5.41, 5.74) is 3.43. The smallest absolute Gasteiger partial charge is 0.311 e. The van der Waals surface area contributed by atoms with Crippen molar-refractivity contribution in [2.24, 2.45) is 11.8 Å². The van der Waals surface area contributed by atoms with Crippen LogP contribution >= 0.6 is 11.8 Å². The molecule has 2 aromatic carbocycles. The molecule has 2 aromatic rings. The van der Waals surface area contributed by atoms with E-state index in [1.165, 1.54) is 6.08 Å². The van der Waals surface area contributed by atoms with E-state index >= 15 is 0 Å². The maximum atomic E-state index is 14.9. The minimum Gasteiger partial charge on any atom is -0.461 e. The van der Waals surface area contributed by atoms with Gasteiger partial charge in [-0.2, -0.15) is 0 Å². The predicted octanol–water partition coefficient (Wildman–Crippen LogP) is 4.77. The molecule has 1 N–H and O–H groups in total. The lowest BCUT2D eigenvalue weighted by molar-refractivity contribution is -0.155. The molecular weight excluding hydrogens is 536 g/mol. The van der Waals surface area contributed by atoms with Gasteiger partial charge in [0, 0.05) is 17.0 Å². The molecule has 8 heteroatoms. The van der Waals surface area contributed by atoms with E-state index < -0.39 is 39.4 Å². The average molecular weight is 575 g/mol. The van der Waals surface area contributed by atoms with E-state index in [1.54, 1.807) is 27.6 Å². The summed E-state index contributed by atoms with van der Waals surface area (Å²) in [5, 5.41) is 10.7. The van der Waals surface area contributed by atoms with Crippen molar-refractivity contribution in [3.63, 3.8) is 0 Å². The summed E-state index contributed by atoms with van der Waals surface area (Å²) in [6, 6.07) is 13.6. The lowest BCUT2D eigenvalue weighted by Gasteiger charge is -2.40. The van der Waals surface area contributed by atoms with Crippen molar-refractivity contribution >= 4 is 35.2 Å². The Labute approximate surface area is 246 Å². The summed E-state index contributed by atoms with van der Waals surface area (Å²) >= 11 is 1.58. The Morgan fingerprint density at radius 2 is 1.90 bits per heavy atom. The third-order valence-corrected chi connectivity index (χ3v) is 11.0. The predicted molar refractivity (Wildman–Crippen MR) is 161 cm³/mol. The minimum absolute atomic E-state index is 0.0547. The zero-order valence-corrected chi connectivity index (χ0v) is 24.7. The quantitative estimate of drug-likeness (QED) is 0.325. The van der Waals surface area contributed by atoms with Crippen LogP contribution in [0, 0.1) is 25.7 Å². The van der Waals surface area contributed by atoms with Gasteiger partial charge in [-0.25, -0.2) is 0 Å². The maximum absolute atomic E-state index is 14.9. The summed E-state index contributed by atoms with van der Waals surface area (Å²) in [5.74, 6) is -2.43. The van der Waals surface area contributed by atoms with Gasteiger partial charge in [-0.3, -0.25) is 14.4 Å². The minimum atomic E-state index is -0.902. The van der Waals surface area contributed by atoms with Crippen molar-refractivity contribution in [2.45, 2.75) is 55.2 Å². The van der Waals surface area contributed by atoms with Crippen LogP contribution in [0.15, 0.2) is 73.8 Å². The number of thioether (sulfide) groups is 1. The highest BCUT2D eigenvalue weighted by atomic mass is 32.2. The number of likely N-dealkylation sites (tertiary alicyclic amines) is 1. The standard InChI is InChI=1S/C33H38N2O5S/c1-6-17-34(24-19-21(3)13-14-22(24)4)30(38)28-33-16-15-32(5,41-33)27(31(39)40-18-7-2)26(33)29(37)35(28)25(20-36)23-11-9-8-10-12-23/h6-14,19,25-28,36H,1-2,15-18,20H2,3-5H3/t25-,26+,27+,28?,32-,33?/m1/s1. The number of aryl methyl sites for hydroxylation is 2. The van der Waals surface area contributed by atoms with Gasteiger partial charge in [0.15, 0.2) is 0 Å². The fourth-order valence-electron chi connectivity index (χ4n) is 7.19. The Hall–Kier alpha value is -3.36. The summed E-state index contributed by atoms with van der Waals surface area (Å²) in [6.07, 6.45) is 4.48. The van der Waals surface area contributed by atoms with Gasteiger partial charge in [0.25, 0.3) is 5.91 Å². The molecule has 0 aromatic heterocycles. The molecule has 6 atom stereocenters. The Balaban J connectivity index is 1.68. The highest BCUT2D eigenvalue weighted by Crippen LogP contribution is 2.72. The van der Waals surface area contributed by atoms with Gasteiger partial charge in [-0.05, 0) is 56.4 Å². The Morgan fingerprint density at radius 3 is 2.56 bits per heavy atom. The second-order valence-electron chi connectivity index (χ2n) is 11.5. The number of fused-ring (bicyclic) bond motifs is 1. The van der Waals surface area contributed by atoms with Crippen LogP contribution in [-0.4, -0.2) is 63.1 Å². The molecule has 3 heterocycles. The number of aliphatic hydroxyl groups is 1. The van der Waals surface area contributed by atoms with Crippen LogP contribution in [0.2, 0.25) is 0 Å². The van der Waals surface area contributed by atoms with Crippen molar-refractivity contribution < 1.29 is 24.2 Å². The second kappa shape index (κ2) is 11.1. The molecule has 1 spiro atoms. The molecule has 3 fully saturated rings. The van der Waals surface area contributed by atoms with E-state index in [0.29, 0.717) is 12.8 Å². The lowest BCUT2D eigenvalue weighted by atomic mass is 9.66. The van der Waals surface area contributed by atoms with Crippen LogP contribution in [-0.2, 0) is 19.1 Å². The SMILES string of the molecule is C=CCOC(=O)[C@@H]1[C@H]2C(=O)N([C@H](CO)c3ccccc3)C(C(=O)N(CC=C)c3cc(C)ccc3C)C23CC[C@@]1(C)S3. The largest absolute Gasteiger partial charge is 0.461 e. The zero-order chi connectivity index (χ0) is 29.5. The molecule has 0 aliphatic carbocycles. The number of carbonyl (C=O) groups excluding carboxylic acids is 3. The molecule has 2 unspecified atom stereocenters. The monoisotopic (exact) mass is 574 g/mol. The number of amides is 2. The zero-order valence-electron chi connectivity index (χ0n) is 23.9. The number of benzene rings is 2. The fraction of sp³-hybridized carbons (Fsp3) is 0.424. The van der Waals surface area contributed by atoms with E-state index in [-0.39, 0.29) is 31.6 Å². The molecule has 7 nitrogen and oxygen atoms in total. The van der Waals surface area contributed by atoms with E-state index in [9.17, 15) is 19.5 Å². The Kier molecular flexibility index (Phi) is 7.92. The molecule has 3 aliphatic rings. The fourth-order valence-corrected chi connectivity index (χ4v) is 9.52. The number of rotatable bonds is 10. The summed E-state index contributed by atoms with van der Waals surface area (Å²) in [4.78, 5) is 46.3. The van der Waals surface area contributed by atoms with Crippen LogP contribution in [0.5, 0.6) is 0 Å². The molecule has 41 heavy (non-hydrogen) atoms. The number of aliphatic hydroxyl groups excluding tert-OH is 1.